The quantitative estimate of drug-likeness (QED) is 0.0434. The molecular weight excluding hydrogens is 828 g/mol. The Morgan fingerprint density at radius 1 is 0.609 bits per heavy atom. The van der Waals surface area contributed by atoms with Crippen molar-refractivity contribution in [2.24, 2.45) is 10.8 Å². The second-order valence-electron chi connectivity index (χ2n) is 21.5. The van der Waals surface area contributed by atoms with Crippen LogP contribution >= 0.6 is 22.7 Å². The van der Waals surface area contributed by atoms with Gasteiger partial charge in [0.1, 0.15) is 36.1 Å². The van der Waals surface area contributed by atoms with Crippen molar-refractivity contribution >= 4 is 56.7 Å². The Morgan fingerprint density at radius 2 is 1.03 bits per heavy atom. The van der Waals surface area contributed by atoms with Crippen LogP contribution in [-0.4, -0.2) is 42.2 Å². The Morgan fingerprint density at radius 3 is 1.44 bits per heavy atom. The Balaban J connectivity index is 1.26. The highest BCUT2D eigenvalue weighted by Crippen LogP contribution is 2.49. The van der Waals surface area contributed by atoms with Crippen LogP contribution in [0.1, 0.15) is 120 Å². The normalized spacial score (nSPS) is 13.9. The van der Waals surface area contributed by atoms with E-state index < -0.39 is 39.1 Å². The zero-order valence-corrected chi connectivity index (χ0v) is 42.6. The van der Waals surface area contributed by atoms with E-state index in [2.05, 4.69) is 188 Å². The number of benzene rings is 4. The van der Waals surface area contributed by atoms with Gasteiger partial charge >= 0.3 is 5.97 Å². The first-order valence-electron chi connectivity index (χ1n) is 23.0. The van der Waals surface area contributed by atoms with Gasteiger partial charge in [0.25, 0.3) is 0 Å². The van der Waals surface area contributed by atoms with Crippen molar-refractivity contribution in [3.05, 3.63) is 121 Å². The molecule has 2 heterocycles. The van der Waals surface area contributed by atoms with Gasteiger partial charge in [-0.3, -0.25) is 0 Å². The third-order valence-corrected chi connectivity index (χ3v) is 14.4. The first-order valence-corrected chi connectivity index (χ1v) is 24.6. The van der Waals surface area contributed by atoms with Gasteiger partial charge in [-0.15, -0.1) is 22.7 Å². The molecule has 0 saturated heterocycles. The number of carbonyl (C=O) groups excluding carboxylic acids is 1. The summed E-state index contributed by atoms with van der Waals surface area (Å²) < 4.78 is 29.6. The monoisotopic (exact) mass is 898 g/mol. The average molecular weight is 899 g/mol. The van der Waals surface area contributed by atoms with Gasteiger partial charge in [0.2, 0.25) is 0 Å². The number of fused-ring (bicyclic) bond motifs is 2. The molecule has 6 aromatic rings. The van der Waals surface area contributed by atoms with Crippen molar-refractivity contribution < 1.29 is 23.7 Å². The lowest BCUT2D eigenvalue weighted by Gasteiger charge is -2.52. The molecule has 0 saturated carbocycles. The van der Waals surface area contributed by atoms with Gasteiger partial charge in [-0.1, -0.05) is 96.7 Å². The number of esters is 1. The van der Waals surface area contributed by atoms with Gasteiger partial charge in [0.15, 0.2) is 0 Å². The summed E-state index contributed by atoms with van der Waals surface area (Å²) in [6, 6.07) is 34.9. The molecule has 8 heteroatoms. The Labute approximate surface area is 393 Å². The minimum atomic E-state index is -0.782. The maximum atomic E-state index is 12.4. The fraction of sp³-hybridized carbons (Fsp3) is 0.446. The molecule has 6 rings (SSSR count). The maximum Gasteiger partial charge on any atom is 0.330 e. The van der Waals surface area contributed by atoms with Crippen LogP contribution in [0.2, 0.25) is 0 Å². The molecule has 5 nitrogen and oxygen atoms in total. The number of hydrogen-bond donors (Lipinski definition) is 0. The molecule has 0 aliphatic rings. The van der Waals surface area contributed by atoms with E-state index in [1.54, 1.807) is 0 Å². The van der Waals surface area contributed by atoms with E-state index in [1.807, 2.05) is 36.5 Å². The van der Waals surface area contributed by atoms with Gasteiger partial charge in [0.05, 0.1) is 6.10 Å². The van der Waals surface area contributed by atoms with Crippen LogP contribution < -0.4 is 9.47 Å². The van der Waals surface area contributed by atoms with Crippen molar-refractivity contribution in [1.82, 2.24) is 0 Å². The van der Waals surface area contributed by atoms with E-state index in [1.165, 1.54) is 58.3 Å². The van der Waals surface area contributed by atoms with E-state index >= 15 is 0 Å². The highest BCUT2D eigenvalue weighted by Gasteiger charge is 2.50. The van der Waals surface area contributed by atoms with Gasteiger partial charge in [-0.2, -0.15) is 0 Å². The summed E-state index contributed by atoms with van der Waals surface area (Å²) in [6.07, 6.45) is 4.83. The molecule has 0 aliphatic heterocycles. The number of carbonyl (C=O) groups is 1. The zero-order valence-electron chi connectivity index (χ0n) is 41.0. The van der Waals surface area contributed by atoms with Gasteiger partial charge in [0, 0.05) is 37.2 Å². The van der Waals surface area contributed by atoms with Crippen LogP contribution in [0.5, 0.6) is 11.5 Å². The van der Waals surface area contributed by atoms with Crippen LogP contribution in [0.4, 0.5) is 0 Å². The van der Waals surface area contributed by atoms with Crippen molar-refractivity contribution in [3.63, 3.8) is 0 Å². The topological polar surface area (TPSA) is 54.0 Å². The Kier molecular flexibility index (Phi) is 14.5. The number of thiophene rings is 2. The van der Waals surface area contributed by atoms with Crippen molar-refractivity contribution in [2.45, 2.75) is 151 Å². The molecule has 0 aliphatic carbocycles. The predicted molar refractivity (Wildman–Crippen MR) is 276 cm³/mol. The van der Waals surface area contributed by atoms with Crippen LogP contribution in [-0.2, 0) is 27.1 Å². The fourth-order valence-electron chi connectivity index (χ4n) is 10.8. The van der Waals surface area contributed by atoms with Gasteiger partial charge < -0.3 is 18.9 Å². The summed E-state index contributed by atoms with van der Waals surface area (Å²) in [5.74, 6) is 1.26. The summed E-state index contributed by atoms with van der Waals surface area (Å²) in [7, 11) is 2.10. The zero-order chi connectivity index (χ0) is 46.9. The highest BCUT2D eigenvalue weighted by molar-refractivity contribution is 7.22. The van der Waals surface area contributed by atoms with Gasteiger partial charge in [-0.05, 0) is 167 Å². The first-order chi connectivity index (χ1) is 29.8. The fourth-order valence-corrected chi connectivity index (χ4v) is 13.1. The minimum Gasteiger partial charge on any atom is -0.488 e. The number of ether oxygens (including phenoxy) is 4. The van der Waals surface area contributed by atoms with Crippen LogP contribution in [0.3, 0.4) is 0 Å². The average Bonchev–Trinajstić information content (AvgIpc) is 3.82. The molecule has 0 fully saturated rings. The third-order valence-electron chi connectivity index (χ3n) is 12.1. The lowest BCUT2D eigenvalue weighted by atomic mass is 9.63. The van der Waals surface area contributed by atoms with Crippen molar-refractivity contribution in [2.75, 3.05) is 0 Å². The Hall–Kier alpha value is -4.37. The van der Waals surface area contributed by atoms with E-state index in [0.717, 1.165) is 24.3 Å². The molecule has 1 atom stereocenters. The summed E-state index contributed by atoms with van der Waals surface area (Å²) in [5, 5.41) is 2.44. The van der Waals surface area contributed by atoms with Crippen molar-refractivity contribution in [3.8, 4) is 32.4 Å². The molecule has 0 spiro atoms. The largest absolute Gasteiger partial charge is 0.488 e. The van der Waals surface area contributed by atoms with E-state index in [-0.39, 0.29) is 6.10 Å². The van der Waals surface area contributed by atoms with Crippen LogP contribution in [0, 0.1) is 10.8 Å². The van der Waals surface area contributed by atoms with E-state index in [0.29, 0.717) is 19.3 Å². The SMILES string of the molecule is BC(C)(CC(C)(C)OC(=O)C=C)OC(C(C)(C)CC(C)(C)Oc1ccc2cc(-c3ccccc3CC)sc2c1)C(C)(C)CC(C)(C)Oc1ccc2cc(-c3ccccc3CC)sc2c1. The van der Waals surface area contributed by atoms with E-state index in [9.17, 15) is 4.79 Å². The molecule has 0 N–H and O–H groups in total. The molecule has 0 amide bonds. The molecule has 0 bridgehead atoms. The minimum absolute atomic E-state index is 0.270. The summed E-state index contributed by atoms with van der Waals surface area (Å²) in [5.41, 5.74) is 1.97. The first kappa shape index (κ1) is 49.1. The smallest absolute Gasteiger partial charge is 0.330 e. The second-order valence-corrected chi connectivity index (χ2v) is 23.7. The van der Waals surface area contributed by atoms with Gasteiger partial charge in [-0.25, -0.2) is 4.79 Å². The van der Waals surface area contributed by atoms with Crippen LogP contribution in [0.25, 0.3) is 41.1 Å². The lowest BCUT2D eigenvalue weighted by Crippen LogP contribution is -2.55. The Bertz CT molecular complexity index is 2430. The summed E-state index contributed by atoms with van der Waals surface area (Å²) in [6.45, 7) is 32.0. The predicted octanol–water partition coefficient (Wildman–Crippen LogP) is 15.1. The molecular formula is C56H71BO5S2. The van der Waals surface area contributed by atoms with E-state index in [4.69, 9.17) is 18.9 Å². The maximum absolute atomic E-state index is 12.4. The highest BCUT2D eigenvalue weighted by atomic mass is 32.1. The lowest BCUT2D eigenvalue weighted by molar-refractivity contribution is -0.183. The molecule has 4 aromatic carbocycles. The standard InChI is InChI=1S/C56H71BO5S2/c1-15-37-22-18-20-24-43(37)47-30-39-26-28-41(32-45(39)63-47)59-53(8,9)34-51(4,5)50(62-56(14,57)36-55(12,13)61-49(58)17-3)52(6,7)35-54(10,11)60-42-29-27-40-31-48(64-46(40)33-42)44-25-21-19-23-38(44)16-2/h17-33,50H,3,15-16,34-36,57H2,1-2,4-14H3. The summed E-state index contributed by atoms with van der Waals surface area (Å²) >= 11 is 3.63. The molecule has 64 heavy (non-hydrogen) atoms. The summed E-state index contributed by atoms with van der Waals surface area (Å²) in [4.78, 5) is 14.9. The van der Waals surface area contributed by atoms with Crippen molar-refractivity contribution in [1.29, 1.82) is 0 Å². The number of rotatable bonds is 20. The molecule has 2 aromatic heterocycles. The second kappa shape index (κ2) is 18.9. The van der Waals surface area contributed by atoms with Crippen LogP contribution in [0.15, 0.2) is 110 Å². The third kappa shape index (κ3) is 12.1. The molecule has 1 unspecified atom stereocenters. The number of hydrogen-bond acceptors (Lipinski definition) is 7. The molecule has 0 radical (unpaired) electrons. The number of aryl methyl sites for hydroxylation is 2. The molecule has 340 valence electrons.